The van der Waals surface area contributed by atoms with Gasteiger partial charge in [0.25, 0.3) is 0 Å². The van der Waals surface area contributed by atoms with Crippen molar-refractivity contribution in [1.82, 2.24) is 15.1 Å². The van der Waals surface area contributed by atoms with E-state index in [1.165, 1.54) is 5.56 Å². The average Bonchev–Trinajstić information content (AvgIpc) is 3.05. The van der Waals surface area contributed by atoms with Crippen LogP contribution in [0.2, 0.25) is 0 Å². The Hall–Kier alpha value is -2.04. The summed E-state index contributed by atoms with van der Waals surface area (Å²) in [7, 11) is 0. The number of likely N-dealkylation sites (tertiary alicyclic amines) is 2. The van der Waals surface area contributed by atoms with Crippen molar-refractivity contribution in [3.63, 3.8) is 0 Å². The maximum atomic E-state index is 12.4. The SMILES string of the molecule is O=C(CNC(=O)N1CCC[C@H](c2ccccc2)CC1)N1CCCC1. The van der Waals surface area contributed by atoms with Crippen molar-refractivity contribution >= 4 is 11.9 Å². The number of urea groups is 1. The number of rotatable bonds is 3. The quantitative estimate of drug-likeness (QED) is 0.927. The number of hydrogen-bond donors (Lipinski definition) is 1. The van der Waals surface area contributed by atoms with Gasteiger partial charge in [-0.05, 0) is 43.6 Å². The Labute approximate surface area is 144 Å². The molecule has 0 radical (unpaired) electrons. The molecule has 2 heterocycles. The third kappa shape index (κ3) is 4.28. The van der Waals surface area contributed by atoms with Gasteiger partial charge in [-0.25, -0.2) is 4.79 Å². The van der Waals surface area contributed by atoms with Crippen LogP contribution in [-0.2, 0) is 4.79 Å². The number of nitrogens with one attached hydrogen (secondary N) is 1. The van der Waals surface area contributed by atoms with Crippen LogP contribution in [0.25, 0.3) is 0 Å². The zero-order chi connectivity index (χ0) is 16.8. The molecule has 0 saturated carbocycles. The number of hydrogen-bond acceptors (Lipinski definition) is 2. The van der Waals surface area contributed by atoms with Gasteiger partial charge in [0.1, 0.15) is 0 Å². The first-order chi connectivity index (χ1) is 11.7. The van der Waals surface area contributed by atoms with Gasteiger partial charge in [0.2, 0.25) is 5.91 Å². The molecule has 2 aliphatic heterocycles. The third-order valence-electron chi connectivity index (χ3n) is 5.14. The second-order valence-electron chi connectivity index (χ2n) is 6.77. The first kappa shape index (κ1) is 16.8. The van der Waals surface area contributed by atoms with Gasteiger partial charge in [0, 0.05) is 26.2 Å². The normalized spacial score (nSPS) is 21.4. The van der Waals surface area contributed by atoms with Crippen LogP contribution in [0.15, 0.2) is 30.3 Å². The molecule has 2 fully saturated rings. The number of carbonyl (C=O) groups is 2. The molecular formula is C19H27N3O2. The molecule has 5 heteroatoms. The topological polar surface area (TPSA) is 52.7 Å². The minimum Gasteiger partial charge on any atom is -0.341 e. The molecule has 3 amide bonds. The molecule has 1 aromatic rings. The lowest BCUT2D eigenvalue weighted by atomic mass is 9.92. The largest absolute Gasteiger partial charge is 0.341 e. The maximum absolute atomic E-state index is 12.4. The second kappa shape index (κ2) is 8.18. The van der Waals surface area contributed by atoms with Crippen LogP contribution < -0.4 is 5.32 Å². The molecule has 1 N–H and O–H groups in total. The van der Waals surface area contributed by atoms with Crippen LogP contribution in [0.1, 0.15) is 43.6 Å². The van der Waals surface area contributed by atoms with Gasteiger partial charge < -0.3 is 15.1 Å². The maximum Gasteiger partial charge on any atom is 0.317 e. The molecule has 0 aliphatic carbocycles. The van der Waals surface area contributed by atoms with E-state index in [-0.39, 0.29) is 18.5 Å². The van der Waals surface area contributed by atoms with E-state index in [4.69, 9.17) is 0 Å². The summed E-state index contributed by atoms with van der Waals surface area (Å²) in [5.41, 5.74) is 1.36. The zero-order valence-electron chi connectivity index (χ0n) is 14.2. The van der Waals surface area contributed by atoms with Gasteiger partial charge in [0.05, 0.1) is 6.54 Å². The van der Waals surface area contributed by atoms with Crippen molar-refractivity contribution in [1.29, 1.82) is 0 Å². The van der Waals surface area contributed by atoms with Gasteiger partial charge in [0.15, 0.2) is 0 Å². The summed E-state index contributed by atoms with van der Waals surface area (Å²) in [4.78, 5) is 28.1. The predicted molar refractivity (Wildman–Crippen MR) is 93.8 cm³/mol. The fourth-order valence-corrected chi connectivity index (χ4v) is 3.70. The Morgan fingerprint density at radius 3 is 2.38 bits per heavy atom. The summed E-state index contributed by atoms with van der Waals surface area (Å²) in [5, 5.41) is 2.81. The molecule has 130 valence electrons. The average molecular weight is 329 g/mol. The summed E-state index contributed by atoms with van der Waals surface area (Å²) in [6.07, 6.45) is 5.25. The van der Waals surface area contributed by atoms with Crippen LogP contribution in [0.3, 0.4) is 0 Å². The minimum atomic E-state index is -0.101. The molecule has 24 heavy (non-hydrogen) atoms. The van der Waals surface area contributed by atoms with E-state index >= 15 is 0 Å². The molecule has 0 spiro atoms. The van der Waals surface area contributed by atoms with Gasteiger partial charge in [-0.1, -0.05) is 30.3 Å². The van der Waals surface area contributed by atoms with Gasteiger partial charge in [-0.15, -0.1) is 0 Å². The highest BCUT2D eigenvalue weighted by atomic mass is 16.2. The Balaban J connectivity index is 1.46. The molecule has 1 aromatic carbocycles. The first-order valence-electron chi connectivity index (χ1n) is 9.09. The van der Waals surface area contributed by atoms with Crippen LogP contribution in [0.5, 0.6) is 0 Å². The lowest BCUT2D eigenvalue weighted by Crippen LogP contribution is -2.45. The molecule has 5 nitrogen and oxygen atoms in total. The van der Waals surface area contributed by atoms with Crippen molar-refractivity contribution in [2.24, 2.45) is 0 Å². The molecule has 2 aliphatic rings. The van der Waals surface area contributed by atoms with E-state index in [0.717, 1.165) is 58.3 Å². The smallest absolute Gasteiger partial charge is 0.317 e. The molecule has 0 unspecified atom stereocenters. The molecule has 1 atom stereocenters. The van der Waals surface area contributed by atoms with Gasteiger partial charge in [-0.2, -0.15) is 0 Å². The second-order valence-corrected chi connectivity index (χ2v) is 6.77. The van der Waals surface area contributed by atoms with Gasteiger partial charge >= 0.3 is 6.03 Å². The lowest BCUT2D eigenvalue weighted by Gasteiger charge is -2.22. The summed E-state index contributed by atoms with van der Waals surface area (Å²) in [5.74, 6) is 0.563. The number of nitrogens with zero attached hydrogens (tertiary/aromatic N) is 2. The summed E-state index contributed by atoms with van der Waals surface area (Å²) in [6.45, 7) is 3.31. The molecule has 0 aromatic heterocycles. The van der Waals surface area contributed by atoms with E-state index in [1.807, 2.05) is 15.9 Å². The van der Waals surface area contributed by atoms with E-state index in [9.17, 15) is 9.59 Å². The van der Waals surface area contributed by atoms with E-state index in [2.05, 4.69) is 29.6 Å². The molecule has 3 rings (SSSR count). The summed E-state index contributed by atoms with van der Waals surface area (Å²) >= 11 is 0. The van der Waals surface area contributed by atoms with Crippen LogP contribution >= 0.6 is 0 Å². The molecule has 0 bridgehead atoms. The highest BCUT2D eigenvalue weighted by molar-refractivity contribution is 5.84. The van der Waals surface area contributed by atoms with E-state index in [1.54, 1.807) is 0 Å². The lowest BCUT2D eigenvalue weighted by molar-refractivity contribution is -0.129. The number of carbonyl (C=O) groups excluding carboxylic acids is 2. The monoisotopic (exact) mass is 329 g/mol. The number of amides is 3. The summed E-state index contributed by atoms with van der Waals surface area (Å²) < 4.78 is 0. The summed E-state index contributed by atoms with van der Waals surface area (Å²) in [6, 6.07) is 10.4. The van der Waals surface area contributed by atoms with Gasteiger partial charge in [-0.3, -0.25) is 4.79 Å². The standard InChI is InChI=1S/C19H27N3O2/c23-18(21-11-4-5-12-21)15-20-19(24)22-13-6-9-17(10-14-22)16-7-2-1-3-8-16/h1-3,7-8,17H,4-6,9-15H2,(H,20,24)/t17-/m0/s1. The number of benzene rings is 1. The highest BCUT2D eigenvalue weighted by Gasteiger charge is 2.23. The predicted octanol–water partition coefficient (Wildman–Crippen LogP) is 2.59. The van der Waals surface area contributed by atoms with Crippen LogP contribution in [-0.4, -0.2) is 54.5 Å². The Morgan fingerprint density at radius 1 is 0.917 bits per heavy atom. The Morgan fingerprint density at radius 2 is 1.62 bits per heavy atom. The zero-order valence-corrected chi connectivity index (χ0v) is 14.2. The van der Waals surface area contributed by atoms with Crippen LogP contribution in [0, 0.1) is 0 Å². The Kier molecular flexibility index (Phi) is 5.72. The van der Waals surface area contributed by atoms with E-state index < -0.39 is 0 Å². The van der Waals surface area contributed by atoms with Crippen molar-refractivity contribution in [3.8, 4) is 0 Å². The molecular weight excluding hydrogens is 302 g/mol. The first-order valence-corrected chi connectivity index (χ1v) is 9.09. The van der Waals surface area contributed by atoms with Crippen molar-refractivity contribution in [2.45, 2.75) is 38.0 Å². The minimum absolute atomic E-state index is 0.0397. The third-order valence-corrected chi connectivity index (χ3v) is 5.14. The van der Waals surface area contributed by atoms with Crippen molar-refractivity contribution in [2.75, 3.05) is 32.7 Å². The highest BCUT2D eigenvalue weighted by Crippen LogP contribution is 2.27. The van der Waals surface area contributed by atoms with Crippen molar-refractivity contribution in [3.05, 3.63) is 35.9 Å². The van der Waals surface area contributed by atoms with Crippen LogP contribution in [0.4, 0.5) is 4.79 Å². The fraction of sp³-hybridized carbons (Fsp3) is 0.579. The van der Waals surface area contributed by atoms with E-state index in [0.29, 0.717) is 5.92 Å². The Bertz CT molecular complexity index is 555. The van der Waals surface area contributed by atoms with Crippen molar-refractivity contribution < 1.29 is 9.59 Å². The molecule has 2 saturated heterocycles. The fourth-order valence-electron chi connectivity index (χ4n) is 3.70.